The second-order valence-electron chi connectivity index (χ2n) is 6.56. The van der Waals surface area contributed by atoms with Crippen molar-refractivity contribution in [2.75, 3.05) is 13.7 Å². The third-order valence-corrected chi connectivity index (χ3v) is 5.30. The van der Waals surface area contributed by atoms with E-state index in [2.05, 4.69) is 0 Å². The van der Waals surface area contributed by atoms with Crippen LogP contribution in [-0.2, 0) is 14.3 Å². The number of nitrogens with zero attached hydrogens (tertiary/aromatic N) is 1. The average Bonchev–Trinajstić information content (AvgIpc) is 2.43. The van der Waals surface area contributed by atoms with Gasteiger partial charge in [-0.25, -0.2) is 4.79 Å². The molecule has 0 aromatic heterocycles. The standard InChI is InChI=1S/C14H24N2O4/c1-8(11(17)18)16(4)12(19)14(15)9-6-5-7-20-10(9)13(14,2)3/h8-10H,5-7,15H2,1-4H3,(H,17,18). The van der Waals surface area contributed by atoms with E-state index in [1.54, 1.807) is 0 Å². The Kier molecular flexibility index (Phi) is 3.59. The number of amides is 1. The minimum absolute atomic E-state index is 0.0151. The van der Waals surface area contributed by atoms with Crippen LogP contribution >= 0.6 is 0 Å². The minimum Gasteiger partial charge on any atom is -0.480 e. The summed E-state index contributed by atoms with van der Waals surface area (Å²) in [6, 6.07) is -0.887. The number of likely N-dealkylation sites (N-methyl/N-ethyl adjacent to an activating group) is 1. The number of carboxylic acid groups (broad SMARTS) is 1. The fraction of sp³-hybridized carbons (Fsp3) is 0.857. The van der Waals surface area contributed by atoms with Gasteiger partial charge in [0.25, 0.3) is 0 Å². The zero-order chi connectivity index (χ0) is 15.3. The molecule has 2 aliphatic rings. The number of rotatable bonds is 3. The Hall–Kier alpha value is -1.14. The predicted octanol–water partition coefficient (Wildman–Crippen LogP) is 0.450. The topological polar surface area (TPSA) is 92.9 Å². The molecule has 1 aliphatic heterocycles. The highest BCUT2D eigenvalue weighted by molar-refractivity contribution is 5.92. The lowest BCUT2D eigenvalue weighted by atomic mass is 9.46. The molecule has 20 heavy (non-hydrogen) atoms. The summed E-state index contributed by atoms with van der Waals surface area (Å²) < 4.78 is 5.76. The molecule has 1 saturated heterocycles. The molecule has 2 rings (SSSR count). The summed E-state index contributed by atoms with van der Waals surface area (Å²) in [6.45, 7) is 6.05. The van der Waals surface area contributed by atoms with Gasteiger partial charge in [0.2, 0.25) is 5.91 Å². The zero-order valence-electron chi connectivity index (χ0n) is 12.5. The first-order valence-corrected chi connectivity index (χ1v) is 7.06. The number of fused-ring (bicyclic) bond motifs is 1. The number of carboxylic acids is 1. The van der Waals surface area contributed by atoms with Gasteiger partial charge >= 0.3 is 5.97 Å². The highest BCUT2D eigenvalue weighted by atomic mass is 16.5. The van der Waals surface area contributed by atoms with Gasteiger partial charge in [-0.2, -0.15) is 0 Å². The SMILES string of the molecule is CC(C(=O)O)N(C)C(=O)C1(N)C2CCCOC2C1(C)C. The molecule has 6 nitrogen and oxygen atoms in total. The summed E-state index contributed by atoms with van der Waals surface area (Å²) in [5, 5.41) is 9.06. The first kappa shape index (κ1) is 15.3. The minimum atomic E-state index is -1.05. The Balaban J connectivity index is 2.25. The van der Waals surface area contributed by atoms with E-state index < -0.39 is 23.0 Å². The van der Waals surface area contributed by atoms with Crippen LogP contribution in [0.1, 0.15) is 33.6 Å². The highest BCUT2D eigenvalue weighted by Crippen LogP contribution is 2.57. The third kappa shape index (κ3) is 1.78. The number of hydrogen-bond acceptors (Lipinski definition) is 4. The lowest BCUT2D eigenvalue weighted by Crippen LogP contribution is -2.82. The second-order valence-corrected chi connectivity index (χ2v) is 6.56. The zero-order valence-corrected chi connectivity index (χ0v) is 12.5. The van der Waals surface area contributed by atoms with Gasteiger partial charge in [-0.1, -0.05) is 13.8 Å². The quantitative estimate of drug-likeness (QED) is 0.785. The summed E-state index contributed by atoms with van der Waals surface area (Å²) >= 11 is 0. The van der Waals surface area contributed by atoms with Gasteiger partial charge in [-0.05, 0) is 19.8 Å². The molecule has 0 aromatic rings. The fourth-order valence-corrected chi connectivity index (χ4v) is 3.64. The van der Waals surface area contributed by atoms with Gasteiger partial charge in [0, 0.05) is 25.0 Å². The Morgan fingerprint density at radius 3 is 2.60 bits per heavy atom. The fourth-order valence-electron chi connectivity index (χ4n) is 3.64. The number of carbonyl (C=O) groups is 2. The summed E-state index contributed by atoms with van der Waals surface area (Å²) in [5.74, 6) is -1.36. The van der Waals surface area contributed by atoms with Crippen LogP contribution in [0.25, 0.3) is 0 Å². The molecule has 114 valence electrons. The molecule has 0 spiro atoms. The summed E-state index contributed by atoms with van der Waals surface area (Å²) in [6.07, 6.45) is 1.73. The molecule has 3 N–H and O–H groups in total. The maximum Gasteiger partial charge on any atom is 0.326 e. The smallest absolute Gasteiger partial charge is 0.326 e. The van der Waals surface area contributed by atoms with Crippen LogP contribution in [0.3, 0.4) is 0 Å². The molecule has 4 unspecified atom stereocenters. The number of nitrogens with two attached hydrogens (primary N) is 1. The number of ether oxygens (including phenoxy) is 1. The first-order chi connectivity index (χ1) is 9.15. The summed E-state index contributed by atoms with van der Waals surface area (Å²) in [7, 11) is 1.50. The molecule has 1 aliphatic carbocycles. The van der Waals surface area contributed by atoms with Crippen LogP contribution in [0.2, 0.25) is 0 Å². The van der Waals surface area contributed by atoms with Gasteiger partial charge in [0.15, 0.2) is 0 Å². The van der Waals surface area contributed by atoms with Crippen LogP contribution in [0.15, 0.2) is 0 Å². The first-order valence-electron chi connectivity index (χ1n) is 7.06. The molecule has 1 amide bonds. The Labute approximate surface area is 119 Å². The third-order valence-electron chi connectivity index (χ3n) is 5.30. The van der Waals surface area contributed by atoms with Crippen molar-refractivity contribution in [3.05, 3.63) is 0 Å². The average molecular weight is 284 g/mol. The lowest BCUT2D eigenvalue weighted by molar-refractivity contribution is -0.230. The molecule has 0 radical (unpaired) electrons. The van der Waals surface area contributed by atoms with Crippen molar-refractivity contribution in [1.82, 2.24) is 4.90 Å². The molecule has 4 atom stereocenters. The Morgan fingerprint density at radius 2 is 2.05 bits per heavy atom. The van der Waals surface area contributed by atoms with Crippen molar-refractivity contribution in [1.29, 1.82) is 0 Å². The van der Waals surface area contributed by atoms with E-state index >= 15 is 0 Å². The Bertz CT molecular complexity index is 437. The van der Waals surface area contributed by atoms with E-state index in [0.29, 0.717) is 6.61 Å². The van der Waals surface area contributed by atoms with E-state index in [1.165, 1.54) is 18.9 Å². The van der Waals surface area contributed by atoms with Gasteiger partial charge in [0.05, 0.1) is 6.10 Å². The maximum absolute atomic E-state index is 12.7. The van der Waals surface area contributed by atoms with Gasteiger partial charge in [0.1, 0.15) is 11.6 Å². The number of aliphatic carboxylic acids is 1. The molecular weight excluding hydrogens is 260 g/mol. The van der Waals surface area contributed by atoms with Crippen molar-refractivity contribution in [2.24, 2.45) is 17.1 Å². The van der Waals surface area contributed by atoms with E-state index in [9.17, 15) is 9.59 Å². The van der Waals surface area contributed by atoms with E-state index in [-0.39, 0.29) is 17.9 Å². The van der Waals surface area contributed by atoms with Crippen LogP contribution in [-0.4, -0.2) is 53.2 Å². The number of carbonyl (C=O) groups excluding carboxylic acids is 1. The summed E-state index contributed by atoms with van der Waals surface area (Å²) in [4.78, 5) is 25.1. The Morgan fingerprint density at radius 1 is 1.45 bits per heavy atom. The highest BCUT2D eigenvalue weighted by Gasteiger charge is 2.70. The maximum atomic E-state index is 12.7. The van der Waals surface area contributed by atoms with Crippen molar-refractivity contribution >= 4 is 11.9 Å². The van der Waals surface area contributed by atoms with Gasteiger partial charge in [-0.3, -0.25) is 4.79 Å². The van der Waals surface area contributed by atoms with Crippen LogP contribution in [0.4, 0.5) is 0 Å². The number of hydrogen-bond donors (Lipinski definition) is 2. The predicted molar refractivity (Wildman–Crippen MR) is 73.0 cm³/mol. The van der Waals surface area contributed by atoms with Crippen molar-refractivity contribution in [3.63, 3.8) is 0 Å². The van der Waals surface area contributed by atoms with Crippen LogP contribution < -0.4 is 5.73 Å². The molecule has 6 heteroatoms. The van der Waals surface area contributed by atoms with E-state index in [0.717, 1.165) is 12.8 Å². The molecule has 1 heterocycles. The second kappa shape index (κ2) is 4.70. The molecular formula is C14H24N2O4. The lowest BCUT2D eigenvalue weighted by Gasteiger charge is -2.65. The van der Waals surface area contributed by atoms with Crippen LogP contribution in [0.5, 0.6) is 0 Å². The van der Waals surface area contributed by atoms with Crippen molar-refractivity contribution < 1.29 is 19.4 Å². The van der Waals surface area contributed by atoms with Crippen molar-refractivity contribution in [2.45, 2.75) is 51.3 Å². The molecule has 0 bridgehead atoms. The molecule has 2 fully saturated rings. The molecule has 0 aromatic carbocycles. The van der Waals surface area contributed by atoms with E-state index in [1.807, 2.05) is 13.8 Å². The van der Waals surface area contributed by atoms with Crippen molar-refractivity contribution in [3.8, 4) is 0 Å². The van der Waals surface area contributed by atoms with Gasteiger partial charge in [-0.15, -0.1) is 0 Å². The van der Waals surface area contributed by atoms with Crippen LogP contribution in [0, 0.1) is 11.3 Å². The molecule has 1 saturated carbocycles. The normalized spacial score (nSPS) is 36.5. The monoisotopic (exact) mass is 284 g/mol. The van der Waals surface area contributed by atoms with Gasteiger partial charge < -0.3 is 20.5 Å². The summed E-state index contributed by atoms with van der Waals surface area (Å²) in [5.41, 5.74) is 4.92. The van der Waals surface area contributed by atoms with E-state index in [4.69, 9.17) is 15.6 Å². The largest absolute Gasteiger partial charge is 0.480 e.